The minimum atomic E-state index is -0.113. The van der Waals surface area contributed by atoms with Gasteiger partial charge in [-0.05, 0) is 25.0 Å². The van der Waals surface area contributed by atoms with Crippen LogP contribution in [-0.2, 0) is 0 Å². The first-order chi connectivity index (χ1) is 10.1. The topological polar surface area (TPSA) is 62.5 Å². The molecule has 5 nitrogen and oxygen atoms in total. The predicted molar refractivity (Wildman–Crippen MR) is 83.4 cm³/mol. The Kier molecular flexibility index (Phi) is 4.31. The van der Waals surface area contributed by atoms with E-state index in [1.54, 1.807) is 12.1 Å². The Morgan fingerprint density at radius 1 is 1.19 bits per heavy atom. The van der Waals surface area contributed by atoms with Crippen LogP contribution in [0.1, 0.15) is 36.2 Å². The number of hydrogen-bond donors (Lipinski definition) is 1. The highest BCUT2D eigenvalue weighted by molar-refractivity contribution is 6.33. The van der Waals surface area contributed by atoms with E-state index in [4.69, 9.17) is 17.3 Å². The van der Waals surface area contributed by atoms with Crippen LogP contribution < -0.4 is 5.73 Å². The molecule has 1 aromatic heterocycles. The summed E-state index contributed by atoms with van der Waals surface area (Å²) >= 11 is 6.07. The lowest BCUT2D eigenvalue weighted by atomic mass is 10.1. The standard InChI is InChI=1S/C15H21ClN4O/c16-12-5-6-13(17)18-14(12)15(21)20-9-7-19(8-10-20)11-3-1-2-4-11/h5-6,11H,1-4,7-10H2,(H2,17,18). The van der Waals surface area contributed by atoms with Crippen molar-refractivity contribution < 1.29 is 4.79 Å². The van der Waals surface area contributed by atoms with Crippen LogP contribution in [0.5, 0.6) is 0 Å². The Morgan fingerprint density at radius 3 is 2.52 bits per heavy atom. The Labute approximate surface area is 130 Å². The van der Waals surface area contributed by atoms with Gasteiger partial charge in [0.25, 0.3) is 5.91 Å². The summed E-state index contributed by atoms with van der Waals surface area (Å²) in [6, 6.07) is 3.96. The zero-order valence-corrected chi connectivity index (χ0v) is 12.9. The summed E-state index contributed by atoms with van der Waals surface area (Å²) in [5.74, 6) is 0.214. The lowest BCUT2D eigenvalue weighted by Crippen LogP contribution is -2.51. The molecule has 114 valence electrons. The fourth-order valence-electron chi connectivity index (χ4n) is 3.32. The van der Waals surface area contributed by atoms with E-state index in [1.807, 2.05) is 4.90 Å². The lowest BCUT2D eigenvalue weighted by Gasteiger charge is -2.38. The van der Waals surface area contributed by atoms with Gasteiger partial charge in [0.15, 0.2) is 0 Å². The van der Waals surface area contributed by atoms with Crippen molar-refractivity contribution in [3.05, 3.63) is 22.8 Å². The second-order valence-corrected chi connectivity index (χ2v) is 6.24. The monoisotopic (exact) mass is 308 g/mol. The third kappa shape index (κ3) is 3.14. The van der Waals surface area contributed by atoms with Crippen molar-refractivity contribution >= 4 is 23.3 Å². The zero-order chi connectivity index (χ0) is 14.8. The third-order valence-electron chi connectivity index (χ3n) is 4.51. The van der Waals surface area contributed by atoms with E-state index in [0.29, 0.717) is 10.8 Å². The normalized spacial score (nSPS) is 20.9. The number of nitrogen functional groups attached to an aromatic ring is 1. The summed E-state index contributed by atoms with van der Waals surface area (Å²) in [5, 5.41) is 0.368. The second kappa shape index (κ2) is 6.20. The van der Waals surface area contributed by atoms with Gasteiger partial charge in [0.05, 0.1) is 5.02 Å². The maximum Gasteiger partial charge on any atom is 0.274 e. The Balaban J connectivity index is 1.63. The number of halogens is 1. The molecule has 1 saturated heterocycles. The molecule has 2 heterocycles. The molecule has 2 fully saturated rings. The molecule has 0 unspecified atom stereocenters. The summed E-state index contributed by atoms with van der Waals surface area (Å²) in [4.78, 5) is 20.9. The number of amides is 1. The van der Waals surface area contributed by atoms with Gasteiger partial charge in [-0.1, -0.05) is 24.4 Å². The predicted octanol–water partition coefficient (Wildman–Crippen LogP) is 2.02. The van der Waals surface area contributed by atoms with Gasteiger partial charge in [0.2, 0.25) is 0 Å². The molecule has 0 aromatic carbocycles. The van der Waals surface area contributed by atoms with E-state index in [1.165, 1.54) is 25.7 Å². The highest BCUT2D eigenvalue weighted by atomic mass is 35.5. The number of nitrogens with two attached hydrogens (primary N) is 1. The van der Waals surface area contributed by atoms with Crippen molar-refractivity contribution in [2.75, 3.05) is 31.9 Å². The Hall–Kier alpha value is -1.33. The first kappa shape index (κ1) is 14.6. The molecule has 3 rings (SSSR count). The summed E-state index contributed by atoms with van der Waals surface area (Å²) < 4.78 is 0. The van der Waals surface area contributed by atoms with E-state index in [0.717, 1.165) is 32.2 Å². The fraction of sp³-hybridized carbons (Fsp3) is 0.600. The average molecular weight is 309 g/mol. The van der Waals surface area contributed by atoms with Crippen molar-refractivity contribution in [3.8, 4) is 0 Å². The molecule has 1 aliphatic carbocycles. The molecule has 0 atom stereocenters. The SMILES string of the molecule is Nc1ccc(Cl)c(C(=O)N2CCN(C3CCCC3)CC2)n1. The highest BCUT2D eigenvalue weighted by Gasteiger charge is 2.29. The van der Waals surface area contributed by atoms with Gasteiger partial charge in [-0.25, -0.2) is 4.98 Å². The molecular formula is C15H21ClN4O. The number of rotatable bonds is 2. The van der Waals surface area contributed by atoms with Gasteiger partial charge in [-0.3, -0.25) is 9.69 Å². The van der Waals surface area contributed by atoms with E-state index >= 15 is 0 Å². The number of aromatic nitrogens is 1. The number of carbonyl (C=O) groups is 1. The van der Waals surface area contributed by atoms with Gasteiger partial charge in [-0.15, -0.1) is 0 Å². The summed E-state index contributed by atoms with van der Waals surface area (Å²) in [6.45, 7) is 3.36. The number of anilines is 1. The molecule has 1 aliphatic heterocycles. The highest BCUT2D eigenvalue weighted by Crippen LogP contribution is 2.25. The van der Waals surface area contributed by atoms with Crippen molar-refractivity contribution in [1.82, 2.24) is 14.8 Å². The largest absolute Gasteiger partial charge is 0.384 e. The molecule has 2 N–H and O–H groups in total. The van der Waals surface area contributed by atoms with Gasteiger partial charge in [0.1, 0.15) is 11.5 Å². The molecule has 6 heteroatoms. The maximum absolute atomic E-state index is 12.5. The fourth-order valence-corrected chi connectivity index (χ4v) is 3.50. The quantitative estimate of drug-likeness (QED) is 0.908. The first-order valence-corrected chi connectivity index (χ1v) is 7.98. The first-order valence-electron chi connectivity index (χ1n) is 7.60. The van der Waals surface area contributed by atoms with Crippen molar-refractivity contribution in [3.63, 3.8) is 0 Å². The van der Waals surface area contributed by atoms with Crippen LogP contribution in [0.4, 0.5) is 5.82 Å². The zero-order valence-electron chi connectivity index (χ0n) is 12.1. The molecular weight excluding hydrogens is 288 g/mol. The molecule has 1 saturated carbocycles. The smallest absolute Gasteiger partial charge is 0.274 e. The number of hydrogen-bond acceptors (Lipinski definition) is 4. The van der Waals surface area contributed by atoms with Crippen molar-refractivity contribution in [2.24, 2.45) is 0 Å². The molecule has 1 aromatic rings. The number of carbonyl (C=O) groups excluding carboxylic acids is 1. The van der Waals surface area contributed by atoms with Crippen LogP contribution in [0, 0.1) is 0 Å². The van der Waals surface area contributed by atoms with E-state index in [2.05, 4.69) is 9.88 Å². The van der Waals surface area contributed by atoms with Crippen LogP contribution in [0.2, 0.25) is 5.02 Å². The molecule has 21 heavy (non-hydrogen) atoms. The minimum absolute atomic E-state index is 0.113. The summed E-state index contributed by atoms with van der Waals surface area (Å²) in [7, 11) is 0. The Bertz CT molecular complexity index is 522. The molecule has 0 bridgehead atoms. The van der Waals surface area contributed by atoms with Crippen LogP contribution >= 0.6 is 11.6 Å². The second-order valence-electron chi connectivity index (χ2n) is 5.83. The van der Waals surface area contributed by atoms with E-state index in [9.17, 15) is 4.79 Å². The van der Waals surface area contributed by atoms with Crippen LogP contribution in [-0.4, -0.2) is 52.9 Å². The van der Waals surface area contributed by atoms with Crippen LogP contribution in [0.25, 0.3) is 0 Å². The number of pyridine rings is 1. The molecule has 2 aliphatic rings. The molecule has 1 amide bonds. The van der Waals surface area contributed by atoms with Crippen molar-refractivity contribution in [1.29, 1.82) is 0 Å². The van der Waals surface area contributed by atoms with Crippen molar-refractivity contribution in [2.45, 2.75) is 31.7 Å². The summed E-state index contributed by atoms with van der Waals surface area (Å²) in [5.41, 5.74) is 5.92. The van der Waals surface area contributed by atoms with Gasteiger partial charge in [0, 0.05) is 32.2 Å². The van der Waals surface area contributed by atoms with Gasteiger partial charge < -0.3 is 10.6 Å². The number of nitrogens with zero attached hydrogens (tertiary/aromatic N) is 3. The average Bonchev–Trinajstić information content (AvgIpc) is 3.03. The van der Waals surface area contributed by atoms with Crippen LogP contribution in [0.3, 0.4) is 0 Å². The van der Waals surface area contributed by atoms with Gasteiger partial charge in [-0.2, -0.15) is 0 Å². The minimum Gasteiger partial charge on any atom is -0.384 e. The summed E-state index contributed by atoms with van der Waals surface area (Å²) in [6.07, 6.45) is 5.28. The van der Waals surface area contributed by atoms with Gasteiger partial charge >= 0.3 is 0 Å². The molecule has 0 spiro atoms. The Morgan fingerprint density at radius 2 is 1.86 bits per heavy atom. The van der Waals surface area contributed by atoms with Crippen LogP contribution in [0.15, 0.2) is 12.1 Å². The molecule has 0 radical (unpaired) electrons. The third-order valence-corrected chi connectivity index (χ3v) is 4.82. The maximum atomic E-state index is 12.5. The number of piperazine rings is 1. The lowest BCUT2D eigenvalue weighted by molar-refractivity contribution is 0.0568. The van der Waals surface area contributed by atoms with E-state index in [-0.39, 0.29) is 11.6 Å². The van der Waals surface area contributed by atoms with E-state index < -0.39 is 0 Å².